The van der Waals surface area contributed by atoms with Crippen LogP contribution in [0.1, 0.15) is 45.2 Å². The molecule has 154 valence electrons. The van der Waals surface area contributed by atoms with Gasteiger partial charge in [-0.3, -0.25) is 4.79 Å². The Morgan fingerprint density at radius 2 is 1.96 bits per heavy atom. The van der Waals surface area contributed by atoms with E-state index in [1.54, 1.807) is 7.11 Å². The zero-order chi connectivity index (χ0) is 21.1. The molecular weight excluding hydrogens is 446 g/mol. The number of benzene rings is 2. The van der Waals surface area contributed by atoms with Gasteiger partial charge in [-0.25, -0.2) is 0 Å². The fraction of sp³-hybridized carbons (Fsp3) is 0.450. The van der Waals surface area contributed by atoms with Crippen LogP contribution < -0.4 is 9.46 Å². The van der Waals surface area contributed by atoms with E-state index in [0.717, 1.165) is 20.8 Å². The molecule has 0 saturated heterocycles. The van der Waals surface area contributed by atoms with Crippen LogP contribution in [0.2, 0.25) is 0 Å². The summed E-state index contributed by atoms with van der Waals surface area (Å²) < 4.78 is 21.6. The molecule has 0 fully saturated rings. The Labute approximate surface area is 176 Å². The number of carboxylic acids is 1. The molecule has 0 bridgehead atoms. The highest BCUT2D eigenvalue weighted by Gasteiger charge is 2.32. The number of aliphatic carboxylic acids is 1. The molecule has 0 spiro atoms. The van der Waals surface area contributed by atoms with Gasteiger partial charge in [-0.1, -0.05) is 22.0 Å². The van der Waals surface area contributed by atoms with Crippen LogP contribution in [0.25, 0.3) is 10.8 Å². The van der Waals surface area contributed by atoms with Crippen molar-refractivity contribution in [3.8, 4) is 5.75 Å². The van der Waals surface area contributed by atoms with Gasteiger partial charge in [0.05, 0.1) is 25.7 Å². The molecule has 2 unspecified atom stereocenters. The first-order valence-corrected chi connectivity index (χ1v) is 10.8. The van der Waals surface area contributed by atoms with Crippen LogP contribution in [-0.2, 0) is 16.2 Å². The van der Waals surface area contributed by atoms with Gasteiger partial charge in [0.1, 0.15) is 10.5 Å². The quantitative estimate of drug-likeness (QED) is 0.504. The minimum Gasteiger partial charge on any atom is -0.598 e. The molecule has 0 aromatic heterocycles. The molecule has 0 saturated carbocycles. The second-order valence-corrected chi connectivity index (χ2v) is 10.4. The van der Waals surface area contributed by atoms with E-state index in [2.05, 4.69) is 20.7 Å². The van der Waals surface area contributed by atoms with E-state index in [4.69, 9.17) is 9.84 Å². The van der Waals surface area contributed by atoms with Crippen LogP contribution in [0.5, 0.6) is 5.75 Å². The van der Waals surface area contributed by atoms with Crippen molar-refractivity contribution < 1.29 is 24.3 Å². The molecule has 3 N–H and O–H groups in total. The Hall–Kier alpha value is -1.32. The average molecular weight is 472 g/mol. The van der Waals surface area contributed by atoms with E-state index in [9.17, 15) is 14.5 Å². The van der Waals surface area contributed by atoms with Gasteiger partial charge in [-0.05, 0) is 67.8 Å². The Morgan fingerprint density at radius 1 is 1.29 bits per heavy atom. The lowest BCUT2D eigenvalue weighted by molar-refractivity contribution is -0.139. The molecule has 6 nitrogen and oxygen atoms in total. The minimum absolute atomic E-state index is 0.113. The predicted molar refractivity (Wildman–Crippen MR) is 115 cm³/mol. The Kier molecular flexibility index (Phi) is 7.75. The van der Waals surface area contributed by atoms with Gasteiger partial charge >= 0.3 is 5.97 Å². The van der Waals surface area contributed by atoms with E-state index < -0.39 is 34.2 Å². The number of halogens is 1. The largest absolute Gasteiger partial charge is 0.598 e. The molecule has 0 radical (unpaired) electrons. The van der Waals surface area contributed by atoms with Gasteiger partial charge in [-0.15, -0.1) is 4.72 Å². The molecule has 28 heavy (non-hydrogen) atoms. The highest BCUT2D eigenvalue weighted by Crippen LogP contribution is 2.35. The molecule has 3 atom stereocenters. The van der Waals surface area contributed by atoms with Gasteiger partial charge in [0.15, 0.2) is 0 Å². The number of aliphatic hydroxyl groups is 1. The lowest BCUT2D eigenvalue weighted by atomic mass is 9.94. The van der Waals surface area contributed by atoms with Crippen molar-refractivity contribution in [3.05, 3.63) is 40.4 Å². The van der Waals surface area contributed by atoms with Crippen molar-refractivity contribution in [2.75, 3.05) is 7.11 Å². The SMILES string of the molecule is COc1ccc2c(Br)ccc(C(CC(O)CC(=O)O)N[S@+]([O-])C(C)(C)C)c2c1. The number of rotatable bonds is 8. The molecule has 0 aliphatic carbocycles. The predicted octanol–water partition coefficient (Wildman–Crippen LogP) is 3.93. The van der Waals surface area contributed by atoms with E-state index in [1.165, 1.54) is 0 Å². The average Bonchev–Trinajstić information content (AvgIpc) is 2.59. The topological polar surface area (TPSA) is 102 Å². The van der Waals surface area contributed by atoms with Crippen LogP contribution in [0.15, 0.2) is 34.8 Å². The summed E-state index contributed by atoms with van der Waals surface area (Å²) in [5, 5.41) is 21.1. The summed E-state index contributed by atoms with van der Waals surface area (Å²) in [4.78, 5) is 11.0. The summed E-state index contributed by atoms with van der Waals surface area (Å²) in [6.45, 7) is 5.55. The van der Waals surface area contributed by atoms with E-state index >= 15 is 0 Å². The zero-order valence-corrected chi connectivity index (χ0v) is 18.8. The van der Waals surface area contributed by atoms with Crippen molar-refractivity contribution in [1.29, 1.82) is 0 Å². The van der Waals surface area contributed by atoms with Crippen molar-refractivity contribution in [3.63, 3.8) is 0 Å². The maximum atomic E-state index is 12.7. The third kappa shape index (κ3) is 5.84. The van der Waals surface area contributed by atoms with Crippen LogP contribution in [0.3, 0.4) is 0 Å². The molecule has 2 aromatic carbocycles. The van der Waals surface area contributed by atoms with Crippen LogP contribution in [0.4, 0.5) is 0 Å². The smallest absolute Gasteiger partial charge is 0.305 e. The summed E-state index contributed by atoms with van der Waals surface area (Å²) in [7, 11) is 1.58. The summed E-state index contributed by atoms with van der Waals surface area (Å²) in [6.07, 6.45) is -1.34. The fourth-order valence-corrected chi connectivity index (χ4v) is 4.16. The first kappa shape index (κ1) is 23.0. The molecule has 2 rings (SSSR count). The standard InChI is InChI=1S/C20H26BrNO5S/c1-20(2,3)28(26)22-18(9-12(23)10-19(24)25)15-7-8-17(21)14-6-5-13(27-4)11-16(14)15/h5-8,11-12,18,22-23H,9-10H2,1-4H3,(H,24,25)/t12?,18?,28-/m1/s1. The molecule has 8 heteroatoms. The van der Waals surface area contributed by atoms with E-state index in [-0.39, 0.29) is 12.8 Å². The first-order valence-electron chi connectivity index (χ1n) is 8.87. The summed E-state index contributed by atoms with van der Waals surface area (Å²) in [5.74, 6) is -0.404. The lowest BCUT2D eigenvalue weighted by Crippen LogP contribution is -2.42. The molecule has 0 amide bonds. The summed E-state index contributed by atoms with van der Waals surface area (Å²) in [5.41, 5.74) is 0.819. The number of methoxy groups -OCH3 is 1. The number of carbonyl (C=O) groups is 1. The normalized spacial score (nSPS) is 15.2. The van der Waals surface area contributed by atoms with Crippen LogP contribution in [0, 0.1) is 0 Å². The fourth-order valence-electron chi connectivity index (χ4n) is 2.85. The molecule has 0 heterocycles. The van der Waals surface area contributed by atoms with E-state index in [0.29, 0.717) is 5.75 Å². The van der Waals surface area contributed by atoms with Crippen LogP contribution >= 0.6 is 15.9 Å². The van der Waals surface area contributed by atoms with Gasteiger partial charge < -0.3 is 19.5 Å². The minimum atomic E-state index is -1.40. The number of hydrogen-bond donors (Lipinski definition) is 3. The van der Waals surface area contributed by atoms with Gasteiger partial charge in [-0.2, -0.15) is 0 Å². The molecule has 2 aromatic rings. The number of ether oxygens (including phenoxy) is 1. The number of fused-ring (bicyclic) bond motifs is 1. The highest BCUT2D eigenvalue weighted by atomic mass is 79.9. The van der Waals surface area contributed by atoms with Crippen molar-refractivity contribution in [2.45, 2.75) is 50.5 Å². The summed E-state index contributed by atoms with van der Waals surface area (Å²) >= 11 is 2.14. The van der Waals surface area contributed by atoms with Crippen molar-refractivity contribution >= 4 is 44.0 Å². The Morgan fingerprint density at radius 3 is 2.54 bits per heavy atom. The second-order valence-electron chi connectivity index (χ2n) is 7.59. The maximum absolute atomic E-state index is 12.7. The van der Waals surface area contributed by atoms with Gasteiger partial charge in [0, 0.05) is 15.8 Å². The maximum Gasteiger partial charge on any atom is 0.305 e. The molecular formula is C20H26BrNO5S. The second kappa shape index (κ2) is 9.45. The number of hydrogen-bond acceptors (Lipinski definition) is 5. The third-order valence-electron chi connectivity index (χ3n) is 4.30. The van der Waals surface area contributed by atoms with Gasteiger partial charge in [0.25, 0.3) is 0 Å². The lowest BCUT2D eigenvalue weighted by Gasteiger charge is -2.29. The Balaban J connectivity index is 2.52. The number of aliphatic hydroxyl groups excluding tert-OH is 1. The van der Waals surface area contributed by atoms with Crippen LogP contribution in [-0.4, -0.2) is 38.7 Å². The van der Waals surface area contributed by atoms with Crippen molar-refractivity contribution in [1.82, 2.24) is 4.72 Å². The Bertz CT molecular complexity index is 839. The van der Waals surface area contributed by atoms with Crippen molar-refractivity contribution in [2.24, 2.45) is 0 Å². The van der Waals surface area contributed by atoms with E-state index in [1.807, 2.05) is 51.1 Å². The highest BCUT2D eigenvalue weighted by molar-refractivity contribution is 9.10. The first-order chi connectivity index (χ1) is 13.0. The monoisotopic (exact) mass is 471 g/mol. The molecule has 0 aliphatic heterocycles. The number of carboxylic acid groups (broad SMARTS) is 1. The van der Waals surface area contributed by atoms with Gasteiger partial charge in [0.2, 0.25) is 0 Å². The zero-order valence-electron chi connectivity index (χ0n) is 16.4. The molecule has 0 aliphatic rings. The summed E-state index contributed by atoms with van der Waals surface area (Å²) in [6, 6.07) is 8.93. The third-order valence-corrected chi connectivity index (χ3v) is 6.61. The number of nitrogens with one attached hydrogen (secondary N) is 1.